The highest BCUT2D eigenvalue weighted by molar-refractivity contribution is 5.38. The summed E-state index contributed by atoms with van der Waals surface area (Å²) in [4.78, 5) is 1.67. The van der Waals surface area contributed by atoms with Crippen molar-refractivity contribution in [2.75, 3.05) is 52.5 Å². The number of piperazine rings is 1. The van der Waals surface area contributed by atoms with Crippen LogP contribution in [-0.2, 0) is 10.2 Å². The van der Waals surface area contributed by atoms with Crippen LogP contribution in [0.15, 0.2) is 24.3 Å². The molecule has 1 aromatic rings. The zero-order valence-electron chi connectivity index (χ0n) is 14.4. The molecule has 4 nitrogen and oxygen atoms in total. The van der Waals surface area contributed by atoms with Gasteiger partial charge in [0, 0.05) is 0 Å². The first-order chi connectivity index (χ1) is 10.6. The van der Waals surface area contributed by atoms with Crippen LogP contribution in [0.3, 0.4) is 0 Å². The van der Waals surface area contributed by atoms with E-state index in [-0.39, 0.29) is 5.41 Å². The molecular weight excluding hydrogens is 276 g/mol. The fourth-order valence-electron chi connectivity index (χ4n) is 2.87. The van der Waals surface area contributed by atoms with Crippen molar-refractivity contribution >= 4 is 0 Å². The molecule has 4 heteroatoms. The second-order valence-corrected chi connectivity index (χ2v) is 7.07. The first kappa shape index (κ1) is 17.3. The second kappa shape index (κ2) is 8.51. The van der Waals surface area contributed by atoms with Gasteiger partial charge in [-0.3, -0.25) is 0 Å². The van der Waals surface area contributed by atoms with Crippen molar-refractivity contribution in [2.24, 2.45) is 0 Å². The van der Waals surface area contributed by atoms with Crippen LogP contribution < -0.4 is 15.0 Å². The van der Waals surface area contributed by atoms with Gasteiger partial charge >= 0.3 is 0 Å². The van der Waals surface area contributed by atoms with E-state index in [1.165, 1.54) is 31.7 Å². The highest BCUT2D eigenvalue weighted by atomic mass is 16.5. The summed E-state index contributed by atoms with van der Waals surface area (Å²) in [6, 6.07) is 8.30. The van der Waals surface area contributed by atoms with Crippen LogP contribution in [0, 0.1) is 0 Å². The normalized spacial score (nSPS) is 16.7. The molecule has 2 rings (SSSR count). The molecule has 1 aliphatic rings. The van der Waals surface area contributed by atoms with Gasteiger partial charge in [-0.2, -0.15) is 0 Å². The lowest BCUT2D eigenvalue weighted by molar-refractivity contribution is -0.947. The monoisotopic (exact) mass is 308 g/mol. The third kappa shape index (κ3) is 5.59. The van der Waals surface area contributed by atoms with Crippen molar-refractivity contribution in [1.29, 1.82) is 0 Å². The zero-order chi connectivity index (χ0) is 15.8. The Morgan fingerprint density at radius 2 is 1.77 bits per heavy atom. The van der Waals surface area contributed by atoms with E-state index >= 15 is 0 Å². The molecule has 22 heavy (non-hydrogen) atoms. The number of rotatable bonds is 7. The van der Waals surface area contributed by atoms with E-state index in [9.17, 15) is 0 Å². The van der Waals surface area contributed by atoms with Gasteiger partial charge in [0.15, 0.2) is 0 Å². The molecule has 0 spiro atoms. The Kier molecular flexibility index (Phi) is 6.68. The van der Waals surface area contributed by atoms with Crippen molar-refractivity contribution in [2.45, 2.75) is 26.2 Å². The molecule has 0 radical (unpaired) electrons. The van der Waals surface area contributed by atoms with Crippen LogP contribution >= 0.6 is 0 Å². The maximum atomic E-state index is 5.92. The summed E-state index contributed by atoms with van der Waals surface area (Å²) in [5.41, 5.74) is 1.36. The highest BCUT2D eigenvalue weighted by Gasteiger charge is 2.18. The molecule has 0 unspecified atom stereocenters. The molecule has 0 bridgehead atoms. The van der Waals surface area contributed by atoms with Crippen LogP contribution in [0.1, 0.15) is 26.3 Å². The highest BCUT2D eigenvalue weighted by Crippen LogP contribution is 2.30. The number of hydrogen-bond donors (Lipinski definition) is 2. The van der Waals surface area contributed by atoms with Crippen LogP contribution in [-0.4, -0.2) is 52.5 Å². The van der Waals surface area contributed by atoms with E-state index in [1.807, 2.05) is 6.07 Å². The van der Waals surface area contributed by atoms with Crippen molar-refractivity contribution in [3.63, 3.8) is 0 Å². The standard InChI is InChI=1S/C18H30N2O2/c1-18(2,3)16-6-4-5-7-17(16)22-15-14-21-13-12-20-10-8-19-9-11-20/h4-7,19H,8-15H2,1-3H3/p+2. The Hall–Kier alpha value is -1.10. The van der Waals surface area contributed by atoms with E-state index in [2.05, 4.69) is 44.3 Å². The summed E-state index contributed by atoms with van der Waals surface area (Å²) in [7, 11) is 0. The minimum Gasteiger partial charge on any atom is -0.491 e. The number of nitrogens with two attached hydrogens (primary N) is 1. The molecule has 1 heterocycles. The molecule has 1 aliphatic heterocycles. The third-order valence-electron chi connectivity index (χ3n) is 4.18. The predicted molar refractivity (Wildman–Crippen MR) is 88.7 cm³/mol. The molecular formula is C18H32N2O2+2. The zero-order valence-corrected chi connectivity index (χ0v) is 14.4. The van der Waals surface area contributed by atoms with Gasteiger partial charge in [-0.15, -0.1) is 0 Å². The van der Waals surface area contributed by atoms with Crippen molar-refractivity contribution < 1.29 is 19.7 Å². The summed E-state index contributed by atoms with van der Waals surface area (Å²) in [5, 5.41) is 2.39. The largest absolute Gasteiger partial charge is 0.491 e. The first-order valence-corrected chi connectivity index (χ1v) is 8.52. The molecule has 0 aliphatic carbocycles. The Labute approximate surface area is 134 Å². The van der Waals surface area contributed by atoms with Gasteiger partial charge in [0.2, 0.25) is 0 Å². The fourth-order valence-corrected chi connectivity index (χ4v) is 2.87. The molecule has 1 fully saturated rings. The minimum absolute atomic E-state index is 0.103. The van der Waals surface area contributed by atoms with Crippen molar-refractivity contribution in [1.82, 2.24) is 0 Å². The molecule has 1 saturated heterocycles. The van der Waals surface area contributed by atoms with Gasteiger partial charge < -0.3 is 19.7 Å². The lowest BCUT2D eigenvalue weighted by Crippen LogP contribution is -3.20. The average molecular weight is 308 g/mol. The number of ether oxygens (including phenoxy) is 2. The molecule has 0 atom stereocenters. The van der Waals surface area contributed by atoms with E-state index < -0.39 is 0 Å². The first-order valence-electron chi connectivity index (χ1n) is 8.52. The number of para-hydroxylation sites is 1. The van der Waals surface area contributed by atoms with Gasteiger partial charge in [0.05, 0.1) is 13.2 Å². The van der Waals surface area contributed by atoms with Gasteiger partial charge in [0.25, 0.3) is 0 Å². The lowest BCUT2D eigenvalue weighted by Gasteiger charge is -2.23. The van der Waals surface area contributed by atoms with Crippen LogP contribution in [0.2, 0.25) is 0 Å². The Morgan fingerprint density at radius 1 is 1.05 bits per heavy atom. The molecule has 0 amide bonds. The summed E-state index contributed by atoms with van der Waals surface area (Å²) >= 11 is 0. The van der Waals surface area contributed by atoms with Crippen LogP contribution in [0.5, 0.6) is 5.75 Å². The van der Waals surface area contributed by atoms with Gasteiger partial charge in [-0.1, -0.05) is 39.0 Å². The smallest absolute Gasteiger partial charge is 0.127 e. The maximum Gasteiger partial charge on any atom is 0.127 e. The van der Waals surface area contributed by atoms with Crippen LogP contribution in [0.25, 0.3) is 0 Å². The van der Waals surface area contributed by atoms with Gasteiger partial charge in [0.1, 0.15) is 45.1 Å². The topological polar surface area (TPSA) is 39.5 Å². The number of nitrogens with one attached hydrogen (secondary N) is 1. The molecule has 0 aromatic heterocycles. The summed E-state index contributed by atoms with van der Waals surface area (Å²) in [5.74, 6) is 0.982. The SMILES string of the molecule is CC(C)(C)c1ccccc1OCCOCC[NH+]1CC[NH2+]CC1. The molecule has 0 saturated carbocycles. The van der Waals surface area contributed by atoms with E-state index in [4.69, 9.17) is 9.47 Å². The Bertz CT molecular complexity index is 437. The number of hydrogen-bond acceptors (Lipinski definition) is 2. The fraction of sp³-hybridized carbons (Fsp3) is 0.667. The van der Waals surface area contributed by atoms with Gasteiger partial charge in [-0.05, 0) is 17.0 Å². The van der Waals surface area contributed by atoms with E-state index in [0.29, 0.717) is 13.2 Å². The lowest BCUT2D eigenvalue weighted by atomic mass is 9.86. The number of benzene rings is 1. The summed E-state index contributed by atoms with van der Waals surface area (Å²) in [6.45, 7) is 14.9. The molecule has 1 aromatic carbocycles. The van der Waals surface area contributed by atoms with Crippen molar-refractivity contribution in [3.8, 4) is 5.75 Å². The van der Waals surface area contributed by atoms with E-state index in [0.717, 1.165) is 18.9 Å². The minimum atomic E-state index is 0.103. The quantitative estimate of drug-likeness (QED) is 0.687. The van der Waals surface area contributed by atoms with Crippen LogP contribution in [0.4, 0.5) is 0 Å². The Balaban J connectivity index is 1.64. The predicted octanol–water partition coefficient (Wildman–Crippen LogP) is -0.159. The second-order valence-electron chi connectivity index (χ2n) is 7.07. The maximum absolute atomic E-state index is 5.92. The summed E-state index contributed by atoms with van der Waals surface area (Å²) < 4.78 is 11.6. The molecule has 124 valence electrons. The van der Waals surface area contributed by atoms with Crippen molar-refractivity contribution in [3.05, 3.63) is 29.8 Å². The van der Waals surface area contributed by atoms with Gasteiger partial charge in [-0.25, -0.2) is 0 Å². The van der Waals surface area contributed by atoms with E-state index in [1.54, 1.807) is 4.90 Å². The average Bonchev–Trinajstić information content (AvgIpc) is 2.51. The Morgan fingerprint density at radius 3 is 2.50 bits per heavy atom. The third-order valence-corrected chi connectivity index (χ3v) is 4.18. The summed E-state index contributed by atoms with van der Waals surface area (Å²) in [6.07, 6.45) is 0. The number of quaternary nitrogens is 2. The molecule has 3 N–H and O–H groups in total.